The number of hydrogen-bond donors (Lipinski definition) is 1. The van der Waals surface area contributed by atoms with E-state index >= 15 is 0 Å². The number of aromatic nitrogens is 2. The summed E-state index contributed by atoms with van der Waals surface area (Å²) in [4.78, 5) is 12.6. The van der Waals surface area contributed by atoms with E-state index in [9.17, 15) is 9.90 Å². The number of carboxylic acids is 1. The molecule has 6 heteroatoms. The van der Waals surface area contributed by atoms with Crippen LogP contribution in [0.25, 0.3) is 0 Å². The summed E-state index contributed by atoms with van der Waals surface area (Å²) in [7, 11) is 1.86. The largest absolute Gasteiger partial charge is 0.486 e. The molecule has 2 aromatic rings. The van der Waals surface area contributed by atoms with Gasteiger partial charge in [0.25, 0.3) is 0 Å². The molecule has 0 radical (unpaired) electrons. The monoisotopic (exact) mass is 308 g/mol. The first-order valence-corrected chi connectivity index (χ1v) is 7.75. The molecule has 0 aliphatic heterocycles. The molecule has 0 aliphatic carbocycles. The Morgan fingerprint density at radius 1 is 1.48 bits per heavy atom. The lowest BCUT2D eigenvalue weighted by Crippen LogP contribution is -2.04. The zero-order valence-electron chi connectivity index (χ0n) is 12.7. The number of aryl methyl sites for hydroxylation is 2. The van der Waals surface area contributed by atoms with Gasteiger partial charge in [0.15, 0.2) is 4.88 Å². The molecule has 0 aliphatic rings. The first kappa shape index (κ1) is 15.6. The smallest absolute Gasteiger partial charge is 0.349 e. The van der Waals surface area contributed by atoms with Gasteiger partial charge in [0.1, 0.15) is 12.4 Å². The van der Waals surface area contributed by atoms with Crippen molar-refractivity contribution in [3.05, 3.63) is 33.3 Å². The van der Waals surface area contributed by atoms with Crippen LogP contribution in [0.15, 0.2) is 12.1 Å². The summed E-state index contributed by atoms with van der Waals surface area (Å²) >= 11 is 1.28. The van der Waals surface area contributed by atoms with E-state index in [2.05, 4.69) is 5.10 Å². The van der Waals surface area contributed by atoms with Gasteiger partial charge in [0.2, 0.25) is 0 Å². The van der Waals surface area contributed by atoms with E-state index < -0.39 is 5.97 Å². The van der Waals surface area contributed by atoms with Gasteiger partial charge >= 0.3 is 5.97 Å². The van der Waals surface area contributed by atoms with E-state index in [1.54, 1.807) is 4.68 Å². The highest BCUT2D eigenvalue weighted by Crippen LogP contribution is 2.34. The quantitative estimate of drug-likeness (QED) is 0.887. The van der Waals surface area contributed by atoms with Crippen LogP contribution >= 0.6 is 11.3 Å². The molecular formula is C15H20N2O3S. The molecule has 2 aromatic heterocycles. The standard InChI is InChI=1S/C15H20N2O3S/c1-5-10-6-11(17(4)16-10)8-20-12-7-13(9(2)3)21-14(12)15(18)19/h6-7,9H,5,8H2,1-4H3,(H,18,19). The van der Waals surface area contributed by atoms with Crippen molar-refractivity contribution in [3.8, 4) is 5.75 Å². The van der Waals surface area contributed by atoms with Crippen LogP contribution in [0.4, 0.5) is 0 Å². The van der Waals surface area contributed by atoms with Gasteiger partial charge in [-0.25, -0.2) is 4.79 Å². The fourth-order valence-corrected chi connectivity index (χ4v) is 2.91. The predicted octanol–water partition coefficient (Wildman–Crippen LogP) is 3.44. The zero-order valence-corrected chi connectivity index (χ0v) is 13.5. The summed E-state index contributed by atoms with van der Waals surface area (Å²) in [5, 5.41) is 13.6. The van der Waals surface area contributed by atoms with Crippen molar-refractivity contribution >= 4 is 17.3 Å². The molecule has 0 atom stereocenters. The van der Waals surface area contributed by atoms with E-state index in [0.29, 0.717) is 12.4 Å². The fraction of sp³-hybridized carbons (Fsp3) is 0.467. The molecule has 0 spiro atoms. The van der Waals surface area contributed by atoms with Gasteiger partial charge in [-0.05, 0) is 24.5 Å². The SMILES string of the molecule is CCc1cc(COc2cc(C(C)C)sc2C(=O)O)n(C)n1. The molecule has 0 amide bonds. The number of hydrogen-bond acceptors (Lipinski definition) is 4. The van der Waals surface area contributed by atoms with E-state index in [-0.39, 0.29) is 10.8 Å². The number of rotatable bonds is 6. The summed E-state index contributed by atoms with van der Waals surface area (Å²) in [6.45, 7) is 6.44. The summed E-state index contributed by atoms with van der Waals surface area (Å²) in [5.41, 5.74) is 1.93. The molecule has 1 N–H and O–H groups in total. The van der Waals surface area contributed by atoms with Gasteiger partial charge in [-0.3, -0.25) is 4.68 Å². The number of thiophene rings is 1. The summed E-state index contributed by atoms with van der Waals surface area (Å²) in [6.07, 6.45) is 0.865. The maximum absolute atomic E-state index is 11.3. The lowest BCUT2D eigenvalue weighted by Gasteiger charge is -2.05. The van der Waals surface area contributed by atoms with Gasteiger partial charge in [-0.15, -0.1) is 11.3 Å². The average Bonchev–Trinajstić information content (AvgIpc) is 3.00. The van der Waals surface area contributed by atoms with Crippen LogP contribution in [0.2, 0.25) is 0 Å². The minimum absolute atomic E-state index is 0.261. The maximum Gasteiger partial charge on any atom is 0.349 e. The first-order valence-electron chi connectivity index (χ1n) is 6.94. The Hall–Kier alpha value is -1.82. The molecule has 0 saturated heterocycles. The number of ether oxygens (including phenoxy) is 1. The minimum Gasteiger partial charge on any atom is -0.486 e. The van der Waals surface area contributed by atoms with Crippen molar-refractivity contribution in [2.24, 2.45) is 7.05 Å². The topological polar surface area (TPSA) is 64.3 Å². The Morgan fingerprint density at radius 3 is 2.71 bits per heavy atom. The minimum atomic E-state index is -0.943. The Labute approximate surface area is 128 Å². The molecule has 5 nitrogen and oxygen atoms in total. The van der Waals surface area contributed by atoms with Crippen molar-refractivity contribution < 1.29 is 14.6 Å². The van der Waals surface area contributed by atoms with Gasteiger partial charge in [0.05, 0.1) is 11.4 Å². The summed E-state index contributed by atoms with van der Waals surface area (Å²) in [6, 6.07) is 3.81. The normalized spacial score (nSPS) is 11.1. The van der Waals surface area contributed by atoms with Crippen LogP contribution in [0.3, 0.4) is 0 Å². The third-order valence-corrected chi connectivity index (χ3v) is 4.65. The molecular weight excluding hydrogens is 288 g/mol. The van der Waals surface area contributed by atoms with Crippen molar-refractivity contribution in [2.45, 2.75) is 39.7 Å². The van der Waals surface area contributed by atoms with Crippen LogP contribution in [-0.2, 0) is 20.1 Å². The predicted molar refractivity (Wildman–Crippen MR) is 82.3 cm³/mol. The number of carboxylic acid groups (broad SMARTS) is 1. The highest BCUT2D eigenvalue weighted by atomic mass is 32.1. The molecule has 0 bridgehead atoms. The second-order valence-corrected chi connectivity index (χ2v) is 6.28. The molecule has 2 heterocycles. The molecule has 0 aromatic carbocycles. The van der Waals surface area contributed by atoms with Crippen LogP contribution < -0.4 is 4.74 Å². The molecule has 0 unspecified atom stereocenters. The fourth-order valence-electron chi connectivity index (χ4n) is 1.96. The number of nitrogens with zero attached hydrogens (tertiary/aromatic N) is 2. The lowest BCUT2D eigenvalue weighted by atomic mass is 10.2. The van der Waals surface area contributed by atoms with Crippen molar-refractivity contribution in [2.75, 3.05) is 0 Å². The van der Waals surface area contributed by atoms with Crippen LogP contribution in [-0.4, -0.2) is 20.9 Å². The highest BCUT2D eigenvalue weighted by Gasteiger charge is 2.18. The van der Waals surface area contributed by atoms with E-state index in [4.69, 9.17) is 4.74 Å². The molecule has 0 fully saturated rings. The van der Waals surface area contributed by atoms with Gasteiger partial charge < -0.3 is 9.84 Å². The maximum atomic E-state index is 11.3. The third kappa shape index (κ3) is 3.44. The van der Waals surface area contributed by atoms with E-state index in [1.165, 1.54) is 11.3 Å². The number of aromatic carboxylic acids is 1. The first-order chi connectivity index (χ1) is 9.92. The van der Waals surface area contributed by atoms with Crippen molar-refractivity contribution in [1.82, 2.24) is 9.78 Å². The van der Waals surface area contributed by atoms with Gasteiger partial charge in [-0.2, -0.15) is 5.10 Å². The van der Waals surface area contributed by atoms with E-state index in [1.807, 2.05) is 40.0 Å². The third-order valence-electron chi connectivity index (χ3n) is 3.25. The van der Waals surface area contributed by atoms with Crippen LogP contribution in [0, 0.1) is 0 Å². The Balaban J connectivity index is 2.18. The van der Waals surface area contributed by atoms with E-state index in [0.717, 1.165) is 22.7 Å². The second-order valence-electron chi connectivity index (χ2n) is 5.19. The molecule has 21 heavy (non-hydrogen) atoms. The Morgan fingerprint density at radius 2 is 2.19 bits per heavy atom. The number of carbonyl (C=O) groups is 1. The zero-order chi connectivity index (χ0) is 15.6. The van der Waals surface area contributed by atoms with Crippen molar-refractivity contribution in [3.63, 3.8) is 0 Å². The van der Waals surface area contributed by atoms with Crippen LogP contribution in [0.5, 0.6) is 5.75 Å². The van der Waals surface area contributed by atoms with Gasteiger partial charge in [-0.1, -0.05) is 20.8 Å². The molecule has 114 valence electrons. The summed E-state index contributed by atoms with van der Waals surface area (Å²) in [5.74, 6) is -0.217. The van der Waals surface area contributed by atoms with Crippen molar-refractivity contribution in [1.29, 1.82) is 0 Å². The highest BCUT2D eigenvalue weighted by molar-refractivity contribution is 7.14. The Kier molecular flexibility index (Phi) is 4.67. The Bertz CT molecular complexity index is 643. The molecule has 0 saturated carbocycles. The average molecular weight is 308 g/mol. The lowest BCUT2D eigenvalue weighted by molar-refractivity contribution is 0.0697. The summed E-state index contributed by atoms with van der Waals surface area (Å²) < 4.78 is 7.50. The van der Waals surface area contributed by atoms with Gasteiger partial charge in [0, 0.05) is 11.9 Å². The second kappa shape index (κ2) is 6.30. The van der Waals surface area contributed by atoms with Crippen LogP contribution in [0.1, 0.15) is 52.6 Å². The molecule has 2 rings (SSSR count).